The minimum Gasteiger partial charge on any atom is -0.384 e. The Morgan fingerprint density at radius 1 is 1.10 bits per heavy atom. The summed E-state index contributed by atoms with van der Waals surface area (Å²) in [7, 11) is 0. The largest absolute Gasteiger partial charge is 0.384 e. The molecule has 0 bridgehead atoms. The van der Waals surface area contributed by atoms with E-state index in [0.29, 0.717) is 12.6 Å². The number of benzene rings is 2. The van der Waals surface area contributed by atoms with Crippen molar-refractivity contribution in [1.82, 2.24) is 5.32 Å². The molecule has 2 unspecified atom stereocenters. The molecule has 0 saturated heterocycles. The van der Waals surface area contributed by atoms with E-state index in [9.17, 15) is 5.11 Å². The topological polar surface area (TPSA) is 32.3 Å². The zero-order chi connectivity index (χ0) is 14.0. The fourth-order valence-corrected chi connectivity index (χ4v) is 2.99. The molecule has 104 valence electrons. The van der Waals surface area contributed by atoms with Crippen molar-refractivity contribution in [2.24, 2.45) is 0 Å². The number of hydrogen-bond donors (Lipinski definition) is 2. The molecule has 2 nitrogen and oxygen atoms in total. The summed E-state index contributed by atoms with van der Waals surface area (Å²) >= 11 is 0. The first-order chi connectivity index (χ1) is 9.67. The molecule has 2 atom stereocenters. The van der Waals surface area contributed by atoms with Crippen LogP contribution in [-0.2, 0) is 12.0 Å². The van der Waals surface area contributed by atoms with E-state index in [4.69, 9.17) is 0 Å². The smallest absolute Gasteiger partial charge is 0.0992 e. The maximum atomic E-state index is 10.6. The van der Waals surface area contributed by atoms with Crippen LogP contribution in [0.4, 0.5) is 0 Å². The van der Waals surface area contributed by atoms with Crippen LogP contribution in [0, 0.1) is 0 Å². The fraction of sp³-hybridized carbons (Fsp3) is 0.333. The number of fused-ring (bicyclic) bond motifs is 1. The lowest BCUT2D eigenvalue weighted by atomic mass is 9.95. The van der Waals surface area contributed by atoms with E-state index in [1.807, 2.05) is 37.3 Å². The predicted molar refractivity (Wildman–Crippen MR) is 81.5 cm³/mol. The van der Waals surface area contributed by atoms with E-state index in [0.717, 1.165) is 18.4 Å². The van der Waals surface area contributed by atoms with Crippen LogP contribution in [0.25, 0.3) is 0 Å². The third-order valence-electron chi connectivity index (χ3n) is 4.22. The second kappa shape index (κ2) is 5.39. The van der Waals surface area contributed by atoms with E-state index in [1.165, 1.54) is 11.1 Å². The van der Waals surface area contributed by atoms with Crippen molar-refractivity contribution < 1.29 is 5.11 Å². The molecule has 2 heteroatoms. The Hall–Kier alpha value is -1.64. The van der Waals surface area contributed by atoms with Crippen LogP contribution in [0.15, 0.2) is 54.6 Å². The summed E-state index contributed by atoms with van der Waals surface area (Å²) in [5.74, 6) is 0. The zero-order valence-corrected chi connectivity index (χ0v) is 11.8. The van der Waals surface area contributed by atoms with Crippen molar-refractivity contribution in [2.75, 3.05) is 6.54 Å². The predicted octanol–water partition coefficient (Wildman–Crippen LogP) is 3.17. The molecule has 0 fully saturated rings. The van der Waals surface area contributed by atoms with Crippen LogP contribution in [0.3, 0.4) is 0 Å². The van der Waals surface area contributed by atoms with E-state index >= 15 is 0 Å². The Kier molecular flexibility index (Phi) is 3.60. The first-order valence-electron chi connectivity index (χ1n) is 7.26. The van der Waals surface area contributed by atoms with Gasteiger partial charge in [0.25, 0.3) is 0 Å². The number of hydrogen-bond acceptors (Lipinski definition) is 2. The first kappa shape index (κ1) is 13.3. The third kappa shape index (κ3) is 2.62. The molecule has 2 aromatic carbocycles. The standard InChI is InChI=1S/C18H21NO/c1-18(20,15-8-3-2-4-9-15)13-19-17-12-11-14-7-5-6-10-16(14)17/h2-10,17,19-20H,11-13H2,1H3. The average Bonchev–Trinajstić information content (AvgIpc) is 2.89. The van der Waals surface area contributed by atoms with Crippen molar-refractivity contribution in [3.05, 3.63) is 71.3 Å². The fourth-order valence-electron chi connectivity index (χ4n) is 2.99. The van der Waals surface area contributed by atoms with Gasteiger partial charge in [-0.25, -0.2) is 0 Å². The molecule has 20 heavy (non-hydrogen) atoms. The molecule has 0 heterocycles. The second-order valence-corrected chi connectivity index (χ2v) is 5.81. The molecule has 2 aromatic rings. The van der Waals surface area contributed by atoms with Gasteiger partial charge >= 0.3 is 0 Å². The SMILES string of the molecule is CC(O)(CNC1CCc2ccccc21)c1ccccc1. The summed E-state index contributed by atoms with van der Waals surface area (Å²) in [5.41, 5.74) is 2.94. The van der Waals surface area contributed by atoms with Gasteiger partial charge in [-0.1, -0.05) is 54.6 Å². The number of nitrogens with one attached hydrogen (secondary N) is 1. The summed E-state index contributed by atoms with van der Waals surface area (Å²) in [6, 6.07) is 18.8. The summed E-state index contributed by atoms with van der Waals surface area (Å²) in [6.45, 7) is 2.44. The number of aliphatic hydroxyl groups is 1. The van der Waals surface area contributed by atoms with Gasteiger partial charge in [0.2, 0.25) is 0 Å². The molecule has 3 rings (SSSR count). The van der Waals surface area contributed by atoms with Gasteiger partial charge in [-0.05, 0) is 36.5 Å². The molecule has 0 radical (unpaired) electrons. The Labute approximate surface area is 120 Å². The van der Waals surface area contributed by atoms with Crippen molar-refractivity contribution in [3.63, 3.8) is 0 Å². The van der Waals surface area contributed by atoms with Crippen molar-refractivity contribution in [1.29, 1.82) is 0 Å². The van der Waals surface area contributed by atoms with Gasteiger partial charge < -0.3 is 10.4 Å². The normalized spacial score (nSPS) is 20.4. The van der Waals surface area contributed by atoms with Gasteiger partial charge in [-0.15, -0.1) is 0 Å². The molecule has 1 aliphatic rings. The lowest BCUT2D eigenvalue weighted by molar-refractivity contribution is 0.0538. The maximum Gasteiger partial charge on any atom is 0.0992 e. The van der Waals surface area contributed by atoms with Gasteiger partial charge in [0.05, 0.1) is 5.60 Å². The van der Waals surface area contributed by atoms with Crippen LogP contribution in [0.2, 0.25) is 0 Å². The molecule has 0 amide bonds. The second-order valence-electron chi connectivity index (χ2n) is 5.81. The quantitative estimate of drug-likeness (QED) is 0.892. The highest BCUT2D eigenvalue weighted by molar-refractivity contribution is 5.34. The highest BCUT2D eigenvalue weighted by Crippen LogP contribution is 2.31. The maximum absolute atomic E-state index is 10.6. The molecular formula is C18H21NO. The summed E-state index contributed by atoms with van der Waals surface area (Å²) in [4.78, 5) is 0. The molecule has 1 aliphatic carbocycles. The minimum atomic E-state index is -0.835. The lowest BCUT2D eigenvalue weighted by Crippen LogP contribution is -2.36. The zero-order valence-electron chi connectivity index (χ0n) is 11.8. The number of rotatable bonds is 4. The third-order valence-corrected chi connectivity index (χ3v) is 4.22. The van der Waals surface area contributed by atoms with Gasteiger partial charge in [0.1, 0.15) is 0 Å². The van der Waals surface area contributed by atoms with Crippen molar-refractivity contribution >= 4 is 0 Å². The summed E-state index contributed by atoms with van der Waals surface area (Å²) in [5, 5.41) is 14.2. The van der Waals surface area contributed by atoms with E-state index in [1.54, 1.807) is 0 Å². The molecule has 0 aromatic heterocycles. The molecule has 0 spiro atoms. The molecule has 2 N–H and O–H groups in total. The van der Waals surface area contributed by atoms with Crippen LogP contribution >= 0.6 is 0 Å². The highest BCUT2D eigenvalue weighted by Gasteiger charge is 2.27. The number of aryl methyl sites for hydroxylation is 1. The van der Waals surface area contributed by atoms with Crippen LogP contribution in [0.5, 0.6) is 0 Å². The highest BCUT2D eigenvalue weighted by atomic mass is 16.3. The lowest BCUT2D eigenvalue weighted by Gasteiger charge is -2.26. The van der Waals surface area contributed by atoms with Crippen LogP contribution in [-0.4, -0.2) is 11.7 Å². The molecule has 0 aliphatic heterocycles. The Bertz CT molecular complexity index is 577. The Morgan fingerprint density at radius 3 is 2.60 bits per heavy atom. The van der Waals surface area contributed by atoms with E-state index in [2.05, 4.69) is 29.6 Å². The Morgan fingerprint density at radius 2 is 1.80 bits per heavy atom. The van der Waals surface area contributed by atoms with Gasteiger partial charge in [0, 0.05) is 12.6 Å². The Balaban J connectivity index is 1.69. The summed E-state index contributed by atoms with van der Waals surface area (Å²) in [6.07, 6.45) is 2.24. The monoisotopic (exact) mass is 267 g/mol. The van der Waals surface area contributed by atoms with Gasteiger partial charge in [-0.2, -0.15) is 0 Å². The van der Waals surface area contributed by atoms with Gasteiger partial charge in [0.15, 0.2) is 0 Å². The average molecular weight is 267 g/mol. The van der Waals surface area contributed by atoms with Crippen LogP contribution in [0.1, 0.15) is 36.1 Å². The first-order valence-corrected chi connectivity index (χ1v) is 7.26. The summed E-state index contributed by atoms with van der Waals surface area (Å²) < 4.78 is 0. The van der Waals surface area contributed by atoms with E-state index in [-0.39, 0.29) is 0 Å². The van der Waals surface area contributed by atoms with Gasteiger partial charge in [-0.3, -0.25) is 0 Å². The van der Waals surface area contributed by atoms with Crippen molar-refractivity contribution in [2.45, 2.75) is 31.4 Å². The molecule has 0 saturated carbocycles. The van der Waals surface area contributed by atoms with Crippen molar-refractivity contribution in [3.8, 4) is 0 Å². The molecular weight excluding hydrogens is 246 g/mol. The van der Waals surface area contributed by atoms with Crippen LogP contribution < -0.4 is 5.32 Å². The van der Waals surface area contributed by atoms with E-state index < -0.39 is 5.60 Å². The minimum absolute atomic E-state index is 0.362.